The molecule has 1 aromatic rings. The van der Waals surface area contributed by atoms with Gasteiger partial charge in [-0.2, -0.15) is 0 Å². The highest BCUT2D eigenvalue weighted by molar-refractivity contribution is 9.10. The first-order chi connectivity index (χ1) is 5.41. The van der Waals surface area contributed by atoms with Gasteiger partial charge in [0.25, 0.3) is 0 Å². The zero-order valence-corrected chi connectivity index (χ0v) is 9.03. The molecule has 0 spiro atoms. The number of halogens is 1. The van der Waals surface area contributed by atoms with Crippen molar-refractivity contribution in [2.45, 2.75) is 20.8 Å². The van der Waals surface area contributed by atoms with E-state index in [0.29, 0.717) is 5.69 Å². The van der Waals surface area contributed by atoms with Crippen LogP contribution in [0.4, 0.5) is 0 Å². The molecule has 0 fully saturated rings. The second kappa shape index (κ2) is 3.05. The molecule has 0 atom stereocenters. The molecule has 0 aromatic carbocycles. The van der Waals surface area contributed by atoms with E-state index < -0.39 is 0 Å². The van der Waals surface area contributed by atoms with E-state index in [1.807, 2.05) is 26.8 Å². The van der Waals surface area contributed by atoms with Gasteiger partial charge >= 0.3 is 0 Å². The Labute approximate surface area is 80.5 Å². The summed E-state index contributed by atoms with van der Waals surface area (Å²) in [7, 11) is 0. The lowest BCUT2D eigenvalue weighted by Crippen LogP contribution is -2.20. The molecule has 1 rings (SSSR count). The Morgan fingerprint density at radius 3 is 2.33 bits per heavy atom. The molecule has 3 heteroatoms. The number of H-pyrrole nitrogens is 1. The van der Waals surface area contributed by atoms with Crippen molar-refractivity contribution in [1.82, 2.24) is 4.98 Å². The first kappa shape index (κ1) is 9.52. The van der Waals surface area contributed by atoms with Gasteiger partial charge in [-0.25, -0.2) is 0 Å². The van der Waals surface area contributed by atoms with Crippen LogP contribution in [0.15, 0.2) is 16.7 Å². The van der Waals surface area contributed by atoms with Crippen LogP contribution in [0.1, 0.15) is 31.3 Å². The minimum atomic E-state index is -0.315. The molecule has 0 unspecified atom stereocenters. The van der Waals surface area contributed by atoms with E-state index >= 15 is 0 Å². The van der Waals surface area contributed by atoms with Gasteiger partial charge in [0, 0.05) is 5.41 Å². The summed E-state index contributed by atoms with van der Waals surface area (Å²) in [6.45, 7) is 5.72. The number of aromatic amines is 1. The molecule has 12 heavy (non-hydrogen) atoms. The van der Waals surface area contributed by atoms with Crippen LogP contribution in [0.5, 0.6) is 0 Å². The minimum Gasteiger partial charge on any atom is -0.347 e. The fourth-order valence-corrected chi connectivity index (χ4v) is 1.25. The van der Waals surface area contributed by atoms with E-state index in [-0.39, 0.29) is 11.2 Å². The predicted octanol–water partition coefficient (Wildman–Crippen LogP) is 3.01. The average molecular weight is 230 g/mol. The van der Waals surface area contributed by atoms with E-state index in [1.165, 1.54) is 0 Å². The van der Waals surface area contributed by atoms with Crippen molar-refractivity contribution in [3.05, 3.63) is 22.4 Å². The monoisotopic (exact) mass is 229 g/mol. The lowest BCUT2D eigenvalue weighted by Gasteiger charge is -2.14. The summed E-state index contributed by atoms with van der Waals surface area (Å²) in [4.78, 5) is 14.6. The van der Waals surface area contributed by atoms with Gasteiger partial charge < -0.3 is 4.98 Å². The van der Waals surface area contributed by atoms with Crippen molar-refractivity contribution in [3.63, 3.8) is 0 Å². The number of hydrogen-bond acceptors (Lipinski definition) is 1. The molecule has 66 valence electrons. The van der Waals surface area contributed by atoms with Crippen LogP contribution < -0.4 is 0 Å². The zero-order valence-electron chi connectivity index (χ0n) is 7.44. The molecule has 0 bridgehead atoms. The second-order valence-corrected chi connectivity index (χ2v) is 4.65. The SMILES string of the molecule is CC(C)(C)C(=O)c1ccc(Br)[nH]1. The normalized spacial score (nSPS) is 11.7. The highest BCUT2D eigenvalue weighted by Crippen LogP contribution is 2.21. The quantitative estimate of drug-likeness (QED) is 0.739. The topological polar surface area (TPSA) is 32.9 Å². The van der Waals surface area contributed by atoms with Crippen molar-refractivity contribution in [3.8, 4) is 0 Å². The molecule has 0 saturated heterocycles. The first-order valence-electron chi connectivity index (χ1n) is 3.80. The number of Topliss-reactive ketones (excluding diaryl/α,β-unsaturated/α-hetero) is 1. The van der Waals surface area contributed by atoms with Crippen LogP contribution in [0, 0.1) is 5.41 Å². The maximum absolute atomic E-state index is 11.6. The van der Waals surface area contributed by atoms with Crippen molar-refractivity contribution in [2.24, 2.45) is 5.41 Å². The maximum Gasteiger partial charge on any atom is 0.184 e. The average Bonchev–Trinajstić information content (AvgIpc) is 2.32. The lowest BCUT2D eigenvalue weighted by molar-refractivity contribution is 0.0853. The Hall–Kier alpha value is -0.570. The highest BCUT2D eigenvalue weighted by Gasteiger charge is 2.23. The molecule has 0 radical (unpaired) electrons. The van der Waals surface area contributed by atoms with Crippen LogP contribution in [0.3, 0.4) is 0 Å². The minimum absolute atomic E-state index is 0.133. The fraction of sp³-hybridized carbons (Fsp3) is 0.444. The zero-order chi connectivity index (χ0) is 9.35. The third-order valence-electron chi connectivity index (χ3n) is 1.58. The maximum atomic E-state index is 11.6. The Bertz CT molecular complexity index is 296. The molecule has 2 nitrogen and oxygen atoms in total. The number of carbonyl (C=O) groups excluding carboxylic acids is 1. The summed E-state index contributed by atoms with van der Waals surface area (Å²) >= 11 is 3.26. The van der Waals surface area contributed by atoms with Crippen molar-refractivity contribution in [1.29, 1.82) is 0 Å². The van der Waals surface area contributed by atoms with E-state index in [2.05, 4.69) is 20.9 Å². The molecule has 1 aromatic heterocycles. The molecule has 1 N–H and O–H groups in total. The van der Waals surface area contributed by atoms with Crippen LogP contribution >= 0.6 is 15.9 Å². The molecular formula is C9H12BrNO. The standard InChI is InChI=1S/C9H12BrNO/c1-9(2,3)8(12)6-4-5-7(10)11-6/h4-5,11H,1-3H3. The van der Waals surface area contributed by atoms with Crippen LogP contribution in [-0.4, -0.2) is 10.8 Å². The van der Waals surface area contributed by atoms with Crippen molar-refractivity contribution < 1.29 is 4.79 Å². The van der Waals surface area contributed by atoms with Crippen LogP contribution in [-0.2, 0) is 0 Å². The van der Waals surface area contributed by atoms with Gasteiger partial charge in [-0.1, -0.05) is 20.8 Å². The summed E-state index contributed by atoms with van der Waals surface area (Å²) in [5.74, 6) is 0.133. The van der Waals surface area contributed by atoms with Gasteiger partial charge in [-0.05, 0) is 28.1 Å². The lowest BCUT2D eigenvalue weighted by atomic mass is 9.89. The Morgan fingerprint density at radius 1 is 1.42 bits per heavy atom. The van der Waals surface area contributed by atoms with E-state index in [9.17, 15) is 4.79 Å². The summed E-state index contributed by atoms with van der Waals surface area (Å²) in [6, 6.07) is 3.62. The smallest absolute Gasteiger partial charge is 0.184 e. The second-order valence-electron chi connectivity index (χ2n) is 3.80. The van der Waals surface area contributed by atoms with Crippen LogP contribution in [0.25, 0.3) is 0 Å². The van der Waals surface area contributed by atoms with Gasteiger partial charge in [-0.3, -0.25) is 4.79 Å². The van der Waals surface area contributed by atoms with E-state index in [1.54, 1.807) is 6.07 Å². The van der Waals surface area contributed by atoms with Crippen molar-refractivity contribution >= 4 is 21.7 Å². The fourth-order valence-electron chi connectivity index (χ4n) is 0.905. The third-order valence-corrected chi connectivity index (χ3v) is 2.04. The molecule has 0 saturated carbocycles. The predicted molar refractivity (Wildman–Crippen MR) is 52.3 cm³/mol. The van der Waals surface area contributed by atoms with Crippen LogP contribution in [0.2, 0.25) is 0 Å². The van der Waals surface area contributed by atoms with Gasteiger partial charge in [0.15, 0.2) is 5.78 Å². The van der Waals surface area contributed by atoms with E-state index in [0.717, 1.165) is 4.60 Å². The Morgan fingerprint density at radius 2 is 2.00 bits per heavy atom. The number of nitrogens with one attached hydrogen (secondary N) is 1. The van der Waals surface area contributed by atoms with Gasteiger partial charge in [-0.15, -0.1) is 0 Å². The largest absolute Gasteiger partial charge is 0.347 e. The van der Waals surface area contributed by atoms with Gasteiger partial charge in [0.2, 0.25) is 0 Å². The number of aromatic nitrogens is 1. The molecule has 1 heterocycles. The third kappa shape index (κ3) is 1.97. The summed E-state index contributed by atoms with van der Waals surface area (Å²) in [6.07, 6.45) is 0. The summed E-state index contributed by atoms with van der Waals surface area (Å²) in [5, 5.41) is 0. The van der Waals surface area contributed by atoms with Crippen molar-refractivity contribution in [2.75, 3.05) is 0 Å². The first-order valence-corrected chi connectivity index (χ1v) is 4.60. The Kier molecular flexibility index (Phi) is 2.42. The molecule has 0 aliphatic rings. The number of rotatable bonds is 1. The number of carbonyl (C=O) groups is 1. The summed E-state index contributed by atoms with van der Waals surface area (Å²) < 4.78 is 0.843. The molecular weight excluding hydrogens is 218 g/mol. The number of hydrogen-bond donors (Lipinski definition) is 1. The summed E-state index contributed by atoms with van der Waals surface area (Å²) in [5.41, 5.74) is 0.346. The molecule has 0 amide bonds. The molecule has 0 aliphatic carbocycles. The van der Waals surface area contributed by atoms with E-state index in [4.69, 9.17) is 0 Å². The number of ketones is 1. The van der Waals surface area contributed by atoms with Gasteiger partial charge in [0.1, 0.15) is 0 Å². The van der Waals surface area contributed by atoms with Gasteiger partial charge in [0.05, 0.1) is 10.3 Å². The highest BCUT2D eigenvalue weighted by atomic mass is 79.9. The Balaban J connectivity index is 2.93. The molecule has 0 aliphatic heterocycles.